The van der Waals surface area contributed by atoms with Crippen molar-refractivity contribution >= 4 is 44.6 Å². The van der Waals surface area contributed by atoms with Gasteiger partial charge in [-0.3, -0.25) is 4.79 Å². The second-order valence-corrected chi connectivity index (χ2v) is 8.82. The number of nitrogens with two attached hydrogens (primary N) is 1. The monoisotopic (exact) mass is 499 g/mol. The van der Waals surface area contributed by atoms with Crippen molar-refractivity contribution in [1.82, 2.24) is 25.0 Å². The topological polar surface area (TPSA) is 118 Å². The third-order valence-electron chi connectivity index (χ3n) is 5.78. The average Bonchev–Trinajstić information content (AvgIpc) is 3.41. The Kier molecular flexibility index (Phi) is 6.31. The van der Waals surface area contributed by atoms with Crippen LogP contribution in [0.1, 0.15) is 42.2 Å². The molecule has 1 fully saturated rings. The summed E-state index contributed by atoms with van der Waals surface area (Å²) in [5.74, 6) is -0.230. The lowest BCUT2D eigenvalue weighted by atomic mass is 10.1. The molecule has 1 aromatic carbocycles. The van der Waals surface area contributed by atoms with Crippen molar-refractivity contribution in [2.45, 2.75) is 38.9 Å². The van der Waals surface area contributed by atoms with Crippen molar-refractivity contribution in [3.05, 3.63) is 52.3 Å². The first-order valence-corrected chi connectivity index (χ1v) is 11.4. The number of carbonyl (C=O) groups is 2. The number of aromatic nitrogens is 3. The molecule has 2 atom stereocenters. The van der Waals surface area contributed by atoms with Gasteiger partial charge < -0.3 is 21.3 Å². The number of nitrogens with one attached hydrogen (secondary N) is 2. The molecule has 4 N–H and O–H groups in total. The second-order valence-electron chi connectivity index (χ2n) is 7.91. The Bertz CT molecular complexity index is 1150. The van der Waals surface area contributed by atoms with Gasteiger partial charge in [0.25, 0.3) is 5.91 Å². The SMILES string of the molecule is CCn1ncc2c(N[C@@H]3CCN(C(N)=O)C3)c(C(=O)NC(C)c3ccc(Br)cc3)cnc21. The number of anilines is 1. The third-order valence-corrected chi connectivity index (χ3v) is 6.31. The summed E-state index contributed by atoms with van der Waals surface area (Å²) in [6.45, 7) is 5.66. The van der Waals surface area contributed by atoms with Crippen molar-refractivity contribution in [2.75, 3.05) is 18.4 Å². The number of rotatable bonds is 6. The number of urea groups is 1. The van der Waals surface area contributed by atoms with Crippen LogP contribution in [0.3, 0.4) is 0 Å². The van der Waals surface area contributed by atoms with Crippen LogP contribution in [-0.2, 0) is 6.54 Å². The third kappa shape index (κ3) is 4.40. The standard InChI is InChI=1S/C22H26BrN7O2/c1-3-30-20-17(11-26-30)19(28-16-8-9-29(12-16)22(24)32)18(10-25-20)21(31)27-13(2)14-4-6-15(23)7-5-14/h4-7,10-11,13,16H,3,8-9,12H2,1-2H3,(H2,24,32)(H,25,28)(H,27,31)/t13?,16-/m1/s1. The molecule has 1 aliphatic heterocycles. The smallest absolute Gasteiger partial charge is 0.314 e. The fraction of sp³-hybridized carbons (Fsp3) is 0.364. The highest BCUT2D eigenvalue weighted by Gasteiger charge is 2.27. The maximum absolute atomic E-state index is 13.3. The van der Waals surface area contributed by atoms with Crippen LogP contribution in [0.4, 0.5) is 10.5 Å². The van der Waals surface area contributed by atoms with Gasteiger partial charge in [-0.2, -0.15) is 5.10 Å². The van der Waals surface area contributed by atoms with Crippen LogP contribution in [0, 0.1) is 0 Å². The number of hydrogen-bond acceptors (Lipinski definition) is 5. The Hall–Kier alpha value is -3.14. The highest BCUT2D eigenvalue weighted by molar-refractivity contribution is 9.10. The molecular formula is C22H26BrN7O2. The Balaban J connectivity index is 1.64. The molecule has 168 valence electrons. The van der Waals surface area contributed by atoms with Crippen LogP contribution < -0.4 is 16.4 Å². The van der Waals surface area contributed by atoms with E-state index in [2.05, 4.69) is 36.6 Å². The van der Waals surface area contributed by atoms with E-state index in [4.69, 9.17) is 5.73 Å². The molecule has 0 saturated carbocycles. The Morgan fingerprint density at radius 2 is 2.03 bits per heavy atom. The average molecular weight is 500 g/mol. The number of benzene rings is 1. The highest BCUT2D eigenvalue weighted by Crippen LogP contribution is 2.29. The lowest BCUT2D eigenvalue weighted by Crippen LogP contribution is -2.35. The fourth-order valence-corrected chi connectivity index (χ4v) is 4.24. The van der Waals surface area contributed by atoms with Crippen LogP contribution in [0.25, 0.3) is 11.0 Å². The van der Waals surface area contributed by atoms with Gasteiger partial charge >= 0.3 is 6.03 Å². The van der Waals surface area contributed by atoms with Gasteiger partial charge in [-0.1, -0.05) is 28.1 Å². The van der Waals surface area contributed by atoms with Crippen molar-refractivity contribution < 1.29 is 9.59 Å². The first kappa shape index (κ1) is 22.1. The Labute approximate surface area is 194 Å². The van der Waals surface area contributed by atoms with E-state index in [9.17, 15) is 9.59 Å². The number of amides is 3. The summed E-state index contributed by atoms with van der Waals surface area (Å²) in [5.41, 5.74) is 8.25. The summed E-state index contributed by atoms with van der Waals surface area (Å²) >= 11 is 3.43. The van der Waals surface area contributed by atoms with Gasteiger partial charge in [0, 0.05) is 36.3 Å². The molecule has 0 spiro atoms. The van der Waals surface area contributed by atoms with Crippen molar-refractivity contribution in [2.24, 2.45) is 5.73 Å². The molecule has 32 heavy (non-hydrogen) atoms. The van der Waals surface area contributed by atoms with Gasteiger partial charge in [0.05, 0.1) is 28.9 Å². The maximum Gasteiger partial charge on any atom is 0.314 e. The lowest BCUT2D eigenvalue weighted by Gasteiger charge is -2.20. The summed E-state index contributed by atoms with van der Waals surface area (Å²) in [6, 6.07) is 7.19. The van der Waals surface area contributed by atoms with E-state index in [1.54, 1.807) is 22.0 Å². The normalized spacial score (nSPS) is 16.8. The quantitative estimate of drug-likeness (QED) is 0.480. The van der Waals surface area contributed by atoms with Crippen molar-refractivity contribution in [3.63, 3.8) is 0 Å². The van der Waals surface area contributed by atoms with E-state index in [0.29, 0.717) is 36.5 Å². The Morgan fingerprint density at radius 1 is 1.28 bits per heavy atom. The van der Waals surface area contributed by atoms with Gasteiger partial charge in [-0.25, -0.2) is 14.5 Å². The second kappa shape index (κ2) is 9.15. The number of hydrogen-bond donors (Lipinski definition) is 3. The van der Waals surface area contributed by atoms with E-state index < -0.39 is 6.03 Å². The van der Waals surface area contributed by atoms with E-state index >= 15 is 0 Å². The molecule has 10 heteroatoms. The van der Waals surface area contributed by atoms with Crippen molar-refractivity contribution in [1.29, 1.82) is 0 Å². The molecule has 1 aliphatic rings. The molecule has 3 heterocycles. The summed E-state index contributed by atoms with van der Waals surface area (Å²) in [4.78, 5) is 30.9. The molecule has 3 amide bonds. The molecule has 0 bridgehead atoms. The summed E-state index contributed by atoms with van der Waals surface area (Å²) in [5, 5.41) is 11.7. The number of aryl methyl sites for hydroxylation is 1. The number of pyridine rings is 1. The number of carbonyl (C=O) groups excluding carboxylic acids is 2. The first-order chi connectivity index (χ1) is 15.4. The van der Waals surface area contributed by atoms with Crippen molar-refractivity contribution in [3.8, 4) is 0 Å². The summed E-state index contributed by atoms with van der Waals surface area (Å²) in [7, 11) is 0. The van der Waals surface area contributed by atoms with Crippen LogP contribution in [0.5, 0.6) is 0 Å². The number of halogens is 1. The molecule has 0 aliphatic carbocycles. The maximum atomic E-state index is 13.3. The zero-order valence-corrected chi connectivity index (χ0v) is 19.6. The van der Waals surface area contributed by atoms with Crippen LogP contribution in [0.15, 0.2) is 41.1 Å². The van der Waals surface area contributed by atoms with Crippen LogP contribution in [0.2, 0.25) is 0 Å². The highest BCUT2D eigenvalue weighted by atomic mass is 79.9. The van der Waals surface area contributed by atoms with E-state index in [1.807, 2.05) is 38.1 Å². The first-order valence-electron chi connectivity index (χ1n) is 10.6. The molecule has 0 radical (unpaired) electrons. The van der Waals surface area contributed by atoms with E-state index in [1.165, 1.54) is 0 Å². The van der Waals surface area contributed by atoms with Crippen LogP contribution in [-0.4, -0.2) is 50.7 Å². The molecular weight excluding hydrogens is 474 g/mol. The van der Waals surface area contributed by atoms with Gasteiger partial charge in [0.2, 0.25) is 0 Å². The minimum Gasteiger partial charge on any atom is -0.379 e. The van der Waals surface area contributed by atoms with E-state index in [0.717, 1.165) is 21.8 Å². The molecule has 4 rings (SSSR count). The Morgan fingerprint density at radius 3 is 2.69 bits per heavy atom. The van der Waals surface area contributed by atoms with Gasteiger partial charge in [0.15, 0.2) is 5.65 Å². The number of fused-ring (bicyclic) bond motifs is 1. The number of nitrogens with zero attached hydrogens (tertiary/aromatic N) is 4. The molecule has 2 aromatic heterocycles. The zero-order chi connectivity index (χ0) is 22.8. The number of likely N-dealkylation sites (tertiary alicyclic amines) is 1. The van der Waals surface area contributed by atoms with E-state index in [-0.39, 0.29) is 18.0 Å². The summed E-state index contributed by atoms with van der Waals surface area (Å²) in [6.07, 6.45) is 4.05. The largest absolute Gasteiger partial charge is 0.379 e. The number of primary amides is 1. The van der Waals surface area contributed by atoms with Gasteiger partial charge in [-0.05, 0) is 38.0 Å². The zero-order valence-electron chi connectivity index (χ0n) is 18.0. The lowest BCUT2D eigenvalue weighted by molar-refractivity contribution is 0.0940. The van der Waals surface area contributed by atoms with Crippen LogP contribution >= 0.6 is 15.9 Å². The molecule has 3 aromatic rings. The minimum absolute atomic E-state index is 0.0199. The van der Waals surface area contributed by atoms with Gasteiger partial charge in [0.1, 0.15) is 0 Å². The fourth-order valence-electron chi connectivity index (χ4n) is 3.98. The molecule has 1 unspecified atom stereocenters. The predicted molar refractivity (Wildman–Crippen MR) is 126 cm³/mol. The molecule has 1 saturated heterocycles. The predicted octanol–water partition coefficient (Wildman–Crippen LogP) is 3.27. The molecule has 9 nitrogen and oxygen atoms in total. The summed E-state index contributed by atoms with van der Waals surface area (Å²) < 4.78 is 2.77. The van der Waals surface area contributed by atoms with Gasteiger partial charge in [-0.15, -0.1) is 0 Å². The minimum atomic E-state index is -0.436.